The lowest BCUT2D eigenvalue weighted by Gasteiger charge is -2.30. The van der Waals surface area contributed by atoms with E-state index in [1.165, 1.54) is 0 Å². The Morgan fingerprint density at radius 3 is 2.71 bits per heavy atom. The summed E-state index contributed by atoms with van der Waals surface area (Å²) in [5.41, 5.74) is 0. The van der Waals surface area contributed by atoms with Crippen molar-refractivity contribution < 1.29 is 9.90 Å². The minimum Gasteiger partial charge on any atom is -0.392 e. The molecule has 2 rings (SSSR count). The first-order valence-corrected chi connectivity index (χ1v) is 5.49. The molecule has 4 heteroatoms. The molecule has 0 aromatic heterocycles. The third-order valence-electron chi connectivity index (χ3n) is 3.19. The summed E-state index contributed by atoms with van der Waals surface area (Å²) in [5.74, 6) is 0.0859. The first-order valence-electron chi connectivity index (χ1n) is 5.49. The smallest absolute Gasteiger partial charge is 0.237 e. The number of hydrogen-bond donors (Lipinski definition) is 3. The molecule has 2 aliphatic rings. The van der Waals surface area contributed by atoms with Crippen LogP contribution in [0.2, 0.25) is 0 Å². The van der Waals surface area contributed by atoms with E-state index in [2.05, 4.69) is 10.6 Å². The van der Waals surface area contributed by atoms with E-state index in [4.69, 9.17) is 0 Å². The summed E-state index contributed by atoms with van der Waals surface area (Å²) in [7, 11) is 0. The molecule has 14 heavy (non-hydrogen) atoms. The van der Waals surface area contributed by atoms with Crippen molar-refractivity contribution in [1.29, 1.82) is 0 Å². The van der Waals surface area contributed by atoms with Crippen LogP contribution in [0.1, 0.15) is 32.1 Å². The summed E-state index contributed by atoms with van der Waals surface area (Å²) in [6, 6.07) is 0.0466. The van der Waals surface area contributed by atoms with Crippen molar-refractivity contribution in [3.63, 3.8) is 0 Å². The Hall–Kier alpha value is -0.610. The monoisotopic (exact) mass is 198 g/mol. The quantitative estimate of drug-likeness (QED) is 0.574. The zero-order valence-corrected chi connectivity index (χ0v) is 8.33. The average molecular weight is 198 g/mol. The highest BCUT2D eigenvalue weighted by atomic mass is 16.3. The van der Waals surface area contributed by atoms with Gasteiger partial charge in [-0.05, 0) is 19.3 Å². The van der Waals surface area contributed by atoms with Crippen LogP contribution in [-0.4, -0.2) is 35.7 Å². The first kappa shape index (κ1) is 9.93. The molecular weight excluding hydrogens is 180 g/mol. The van der Waals surface area contributed by atoms with E-state index in [9.17, 15) is 9.90 Å². The number of amides is 1. The van der Waals surface area contributed by atoms with Gasteiger partial charge in [0, 0.05) is 12.6 Å². The van der Waals surface area contributed by atoms with Crippen molar-refractivity contribution in [3.8, 4) is 0 Å². The SMILES string of the molecule is O=C1NCCC1NC1CCCCC1O. The van der Waals surface area contributed by atoms with Gasteiger partial charge in [0.25, 0.3) is 0 Å². The Bertz CT molecular complexity index is 220. The zero-order chi connectivity index (χ0) is 9.97. The van der Waals surface area contributed by atoms with Gasteiger partial charge in [0.15, 0.2) is 0 Å². The summed E-state index contributed by atoms with van der Waals surface area (Å²) in [6.45, 7) is 0.763. The summed E-state index contributed by atoms with van der Waals surface area (Å²) < 4.78 is 0. The lowest BCUT2D eigenvalue weighted by molar-refractivity contribution is -0.121. The number of aliphatic hydroxyl groups excluding tert-OH is 1. The van der Waals surface area contributed by atoms with Gasteiger partial charge in [0.1, 0.15) is 0 Å². The van der Waals surface area contributed by atoms with Gasteiger partial charge in [-0.15, -0.1) is 0 Å². The average Bonchev–Trinajstić information content (AvgIpc) is 2.56. The van der Waals surface area contributed by atoms with Crippen LogP contribution in [0.3, 0.4) is 0 Å². The van der Waals surface area contributed by atoms with Crippen LogP contribution in [0.25, 0.3) is 0 Å². The summed E-state index contributed by atoms with van der Waals surface area (Å²) in [4.78, 5) is 11.3. The van der Waals surface area contributed by atoms with Crippen molar-refractivity contribution in [2.24, 2.45) is 0 Å². The molecule has 1 aliphatic carbocycles. The lowest BCUT2D eigenvalue weighted by atomic mass is 9.92. The van der Waals surface area contributed by atoms with E-state index in [0.717, 1.165) is 38.6 Å². The molecule has 3 atom stereocenters. The topological polar surface area (TPSA) is 61.4 Å². The Balaban J connectivity index is 1.86. The number of hydrogen-bond acceptors (Lipinski definition) is 3. The van der Waals surface area contributed by atoms with Gasteiger partial charge >= 0.3 is 0 Å². The molecule has 4 nitrogen and oxygen atoms in total. The molecule has 1 saturated carbocycles. The van der Waals surface area contributed by atoms with E-state index in [1.54, 1.807) is 0 Å². The highest BCUT2D eigenvalue weighted by Crippen LogP contribution is 2.19. The Labute approximate surface area is 84.1 Å². The van der Waals surface area contributed by atoms with Gasteiger partial charge in [-0.2, -0.15) is 0 Å². The third kappa shape index (κ3) is 2.07. The molecule has 0 spiro atoms. The normalized spacial score (nSPS) is 38.4. The van der Waals surface area contributed by atoms with Gasteiger partial charge in [-0.1, -0.05) is 12.8 Å². The third-order valence-corrected chi connectivity index (χ3v) is 3.19. The molecule has 3 unspecified atom stereocenters. The van der Waals surface area contributed by atoms with Crippen molar-refractivity contribution >= 4 is 5.91 Å². The van der Waals surface area contributed by atoms with Crippen molar-refractivity contribution in [3.05, 3.63) is 0 Å². The molecule has 1 amide bonds. The standard InChI is InChI=1S/C10H18N2O2/c13-9-4-2-1-3-7(9)12-8-5-6-11-10(8)14/h7-9,12-13H,1-6H2,(H,11,14). The fourth-order valence-electron chi connectivity index (χ4n) is 2.32. The van der Waals surface area contributed by atoms with Crippen LogP contribution in [-0.2, 0) is 4.79 Å². The summed E-state index contributed by atoms with van der Waals surface area (Å²) in [5, 5.41) is 15.8. The van der Waals surface area contributed by atoms with E-state index in [-0.39, 0.29) is 24.1 Å². The molecule has 0 radical (unpaired) electrons. The second-order valence-electron chi connectivity index (χ2n) is 4.26. The minimum absolute atomic E-state index is 0.0762. The molecule has 1 heterocycles. The Morgan fingerprint density at radius 2 is 2.07 bits per heavy atom. The Morgan fingerprint density at radius 1 is 1.29 bits per heavy atom. The van der Waals surface area contributed by atoms with Crippen LogP contribution >= 0.6 is 0 Å². The zero-order valence-electron chi connectivity index (χ0n) is 8.33. The van der Waals surface area contributed by atoms with E-state index >= 15 is 0 Å². The number of nitrogens with one attached hydrogen (secondary N) is 2. The summed E-state index contributed by atoms with van der Waals surface area (Å²) >= 11 is 0. The molecular formula is C10H18N2O2. The maximum absolute atomic E-state index is 11.3. The first-order chi connectivity index (χ1) is 6.77. The predicted octanol–water partition coefficient (Wildman–Crippen LogP) is -0.232. The number of carbonyl (C=O) groups excluding carboxylic acids is 1. The van der Waals surface area contributed by atoms with Crippen LogP contribution in [0.15, 0.2) is 0 Å². The predicted molar refractivity (Wildman–Crippen MR) is 52.8 cm³/mol. The highest BCUT2D eigenvalue weighted by molar-refractivity contribution is 5.83. The van der Waals surface area contributed by atoms with E-state index < -0.39 is 0 Å². The molecule has 3 N–H and O–H groups in total. The fourth-order valence-corrected chi connectivity index (χ4v) is 2.32. The maximum Gasteiger partial charge on any atom is 0.237 e. The molecule has 1 aliphatic heterocycles. The lowest BCUT2D eigenvalue weighted by Crippen LogP contribution is -2.49. The number of aliphatic hydroxyl groups is 1. The van der Waals surface area contributed by atoms with E-state index in [1.807, 2.05) is 0 Å². The van der Waals surface area contributed by atoms with Gasteiger partial charge in [0.2, 0.25) is 5.91 Å². The minimum atomic E-state index is -0.267. The molecule has 0 aromatic carbocycles. The van der Waals surface area contributed by atoms with Gasteiger partial charge in [-0.3, -0.25) is 4.79 Å². The second-order valence-corrected chi connectivity index (χ2v) is 4.26. The van der Waals surface area contributed by atoms with Gasteiger partial charge in [-0.25, -0.2) is 0 Å². The van der Waals surface area contributed by atoms with Crippen LogP contribution in [0.5, 0.6) is 0 Å². The van der Waals surface area contributed by atoms with E-state index in [0.29, 0.717) is 0 Å². The largest absolute Gasteiger partial charge is 0.392 e. The second kappa shape index (κ2) is 4.28. The van der Waals surface area contributed by atoms with Crippen LogP contribution < -0.4 is 10.6 Å². The van der Waals surface area contributed by atoms with Crippen LogP contribution in [0, 0.1) is 0 Å². The van der Waals surface area contributed by atoms with Crippen molar-refractivity contribution in [2.75, 3.05) is 6.54 Å². The molecule has 0 bridgehead atoms. The highest BCUT2D eigenvalue weighted by Gasteiger charge is 2.30. The number of carbonyl (C=O) groups is 1. The Kier molecular flexibility index (Phi) is 3.03. The maximum atomic E-state index is 11.3. The van der Waals surface area contributed by atoms with Crippen molar-refractivity contribution in [2.45, 2.75) is 50.3 Å². The van der Waals surface area contributed by atoms with Crippen molar-refractivity contribution in [1.82, 2.24) is 10.6 Å². The van der Waals surface area contributed by atoms with Gasteiger partial charge in [0.05, 0.1) is 12.1 Å². The van der Waals surface area contributed by atoms with Crippen LogP contribution in [0.4, 0.5) is 0 Å². The fraction of sp³-hybridized carbons (Fsp3) is 0.900. The molecule has 0 aromatic rings. The van der Waals surface area contributed by atoms with Gasteiger partial charge < -0.3 is 15.7 Å². The molecule has 1 saturated heterocycles. The number of rotatable bonds is 2. The summed E-state index contributed by atoms with van der Waals surface area (Å²) in [6.07, 6.45) is 4.70. The molecule has 2 fully saturated rings. The molecule has 80 valence electrons.